The zero-order valence-corrected chi connectivity index (χ0v) is 18.7. The zero-order chi connectivity index (χ0) is 18.2. The third kappa shape index (κ3) is 7.75. The monoisotopic (exact) mass is 541 g/mol. The fraction of sp³-hybridized carbons (Fsp3) is 0.529. The first-order valence-corrected chi connectivity index (χ1v) is 9.26. The molecule has 0 spiro atoms. The van der Waals surface area contributed by atoms with Gasteiger partial charge in [0.2, 0.25) is 5.91 Å². The first-order chi connectivity index (χ1) is 12.0. The predicted molar refractivity (Wildman–Crippen MR) is 116 cm³/mol. The number of nitrogens with zero attached hydrogens (tertiary/aromatic N) is 2. The molecule has 1 aliphatic rings. The average Bonchev–Trinajstić information content (AvgIpc) is 2.55. The lowest BCUT2D eigenvalue weighted by atomic mass is 10.1. The van der Waals surface area contributed by atoms with Crippen LogP contribution in [-0.2, 0) is 11.3 Å². The molecule has 1 aromatic carbocycles. The molecule has 0 unspecified atom stereocenters. The standard InChI is InChI=1S/C17H25BrFN5O.HI/c1-2-21-17(22-10-12-3-4-13(18)9-15(12)19)23-14-5-7-24(8-6-14)11-16(20)25;/h3-4,9,14H,2,5-8,10-11H2,1H3,(H2,20,25)(H2,21,22,23);1H. The summed E-state index contributed by atoms with van der Waals surface area (Å²) in [5, 5.41) is 6.59. The Morgan fingerprint density at radius 3 is 2.69 bits per heavy atom. The number of benzene rings is 1. The Bertz CT molecular complexity index is 623. The van der Waals surface area contributed by atoms with Gasteiger partial charge in [-0.05, 0) is 31.9 Å². The van der Waals surface area contributed by atoms with Crippen molar-refractivity contribution in [2.24, 2.45) is 10.7 Å². The van der Waals surface area contributed by atoms with Gasteiger partial charge in [0.15, 0.2) is 5.96 Å². The molecule has 26 heavy (non-hydrogen) atoms. The number of rotatable bonds is 6. The number of halogens is 3. The Morgan fingerprint density at radius 1 is 1.42 bits per heavy atom. The number of primary amides is 1. The van der Waals surface area contributed by atoms with Crippen molar-refractivity contribution in [3.05, 3.63) is 34.1 Å². The largest absolute Gasteiger partial charge is 0.369 e. The molecule has 0 aromatic heterocycles. The summed E-state index contributed by atoms with van der Waals surface area (Å²) in [5.41, 5.74) is 5.79. The van der Waals surface area contributed by atoms with Crippen LogP contribution >= 0.6 is 39.9 Å². The quantitative estimate of drug-likeness (QED) is 0.293. The SMILES string of the molecule is CCNC(=NCc1ccc(Br)cc1F)NC1CCN(CC(N)=O)CC1.I. The van der Waals surface area contributed by atoms with Crippen LogP contribution in [0.25, 0.3) is 0 Å². The highest BCUT2D eigenvalue weighted by Gasteiger charge is 2.20. The highest BCUT2D eigenvalue weighted by molar-refractivity contribution is 14.0. The first kappa shape index (κ1) is 23.1. The van der Waals surface area contributed by atoms with Crippen molar-refractivity contribution in [2.45, 2.75) is 32.4 Å². The van der Waals surface area contributed by atoms with Crippen molar-refractivity contribution >= 4 is 51.8 Å². The van der Waals surface area contributed by atoms with Crippen LogP contribution in [-0.4, -0.2) is 49.0 Å². The number of piperidine rings is 1. The number of carbonyl (C=O) groups excluding carboxylic acids is 1. The minimum atomic E-state index is -0.294. The van der Waals surface area contributed by atoms with Gasteiger partial charge in [-0.3, -0.25) is 9.69 Å². The third-order valence-electron chi connectivity index (χ3n) is 4.07. The Labute approximate surface area is 179 Å². The summed E-state index contributed by atoms with van der Waals surface area (Å²) in [5.74, 6) is 0.115. The number of nitrogens with one attached hydrogen (secondary N) is 2. The van der Waals surface area contributed by atoms with Crippen molar-refractivity contribution in [3.8, 4) is 0 Å². The lowest BCUT2D eigenvalue weighted by Crippen LogP contribution is -2.49. The first-order valence-electron chi connectivity index (χ1n) is 8.47. The molecule has 0 aliphatic carbocycles. The summed E-state index contributed by atoms with van der Waals surface area (Å²) in [6, 6.07) is 5.26. The molecule has 0 saturated carbocycles. The van der Waals surface area contributed by atoms with Gasteiger partial charge in [0.1, 0.15) is 5.82 Å². The molecule has 146 valence electrons. The van der Waals surface area contributed by atoms with Crippen molar-refractivity contribution in [1.82, 2.24) is 15.5 Å². The van der Waals surface area contributed by atoms with Gasteiger partial charge in [-0.25, -0.2) is 9.38 Å². The van der Waals surface area contributed by atoms with Crippen LogP contribution in [0, 0.1) is 5.82 Å². The molecule has 9 heteroatoms. The lowest BCUT2D eigenvalue weighted by molar-refractivity contribution is -0.119. The Balaban J connectivity index is 0.00000338. The molecule has 6 nitrogen and oxygen atoms in total. The Morgan fingerprint density at radius 2 is 2.12 bits per heavy atom. The van der Waals surface area contributed by atoms with E-state index in [1.807, 2.05) is 13.0 Å². The highest BCUT2D eigenvalue weighted by atomic mass is 127. The Hall–Kier alpha value is -0.940. The van der Waals surface area contributed by atoms with Gasteiger partial charge in [0.25, 0.3) is 0 Å². The molecular weight excluding hydrogens is 516 g/mol. The minimum absolute atomic E-state index is 0. The number of amides is 1. The van der Waals surface area contributed by atoms with Gasteiger partial charge in [0, 0.05) is 35.7 Å². The Kier molecular flexibility index (Phi) is 10.4. The van der Waals surface area contributed by atoms with Crippen molar-refractivity contribution < 1.29 is 9.18 Å². The molecule has 0 atom stereocenters. The topological polar surface area (TPSA) is 82.8 Å². The summed E-state index contributed by atoms with van der Waals surface area (Å²) >= 11 is 3.25. The smallest absolute Gasteiger partial charge is 0.231 e. The molecule has 0 bridgehead atoms. The summed E-state index contributed by atoms with van der Waals surface area (Å²) in [4.78, 5) is 17.5. The molecule has 4 N–H and O–H groups in total. The van der Waals surface area contributed by atoms with Gasteiger partial charge in [-0.15, -0.1) is 24.0 Å². The normalized spacial score (nSPS) is 16.0. The van der Waals surface area contributed by atoms with E-state index in [-0.39, 0.29) is 48.3 Å². The van der Waals surface area contributed by atoms with E-state index in [1.165, 1.54) is 6.07 Å². The molecule has 1 aromatic rings. The van der Waals surface area contributed by atoms with E-state index >= 15 is 0 Å². The van der Waals surface area contributed by atoms with Crippen molar-refractivity contribution in [2.75, 3.05) is 26.2 Å². The second-order valence-electron chi connectivity index (χ2n) is 6.09. The number of aliphatic imine (C=N–C) groups is 1. The van der Waals surface area contributed by atoms with Crippen LogP contribution in [0.5, 0.6) is 0 Å². The molecule has 1 fully saturated rings. The lowest BCUT2D eigenvalue weighted by Gasteiger charge is -2.32. The number of nitrogens with two attached hydrogens (primary N) is 1. The van der Waals surface area contributed by atoms with Crippen molar-refractivity contribution in [3.63, 3.8) is 0 Å². The summed E-state index contributed by atoms with van der Waals surface area (Å²) in [7, 11) is 0. The molecule has 2 rings (SSSR count). The van der Waals surface area contributed by atoms with Crippen LogP contribution in [0.2, 0.25) is 0 Å². The average molecular weight is 542 g/mol. The third-order valence-corrected chi connectivity index (χ3v) is 4.57. The van der Waals surface area contributed by atoms with Crippen LogP contribution in [0.3, 0.4) is 0 Å². The maximum atomic E-state index is 13.9. The van der Waals surface area contributed by atoms with E-state index < -0.39 is 0 Å². The predicted octanol–water partition coefficient (Wildman–Crippen LogP) is 2.21. The van der Waals surface area contributed by atoms with Gasteiger partial charge in [0.05, 0.1) is 13.1 Å². The van der Waals surface area contributed by atoms with E-state index in [0.29, 0.717) is 22.5 Å². The van der Waals surface area contributed by atoms with Gasteiger partial charge >= 0.3 is 0 Å². The number of hydrogen-bond acceptors (Lipinski definition) is 3. The van der Waals surface area contributed by atoms with Gasteiger partial charge < -0.3 is 16.4 Å². The second kappa shape index (κ2) is 11.7. The van der Waals surface area contributed by atoms with Crippen LogP contribution in [0.1, 0.15) is 25.3 Å². The molecular formula is C17H26BrFIN5O. The summed E-state index contributed by atoms with van der Waals surface area (Å²) < 4.78 is 14.6. The van der Waals surface area contributed by atoms with Crippen LogP contribution in [0.4, 0.5) is 4.39 Å². The van der Waals surface area contributed by atoms with Gasteiger partial charge in [-0.1, -0.05) is 22.0 Å². The fourth-order valence-corrected chi connectivity index (χ4v) is 3.12. The molecule has 1 amide bonds. The second-order valence-corrected chi connectivity index (χ2v) is 7.01. The number of carbonyl (C=O) groups is 1. The molecule has 1 saturated heterocycles. The highest BCUT2D eigenvalue weighted by Crippen LogP contribution is 2.16. The van der Waals surface area contributed by atoms with Gasteiger partial charge in [-0.2, -0.15) is 0 Å². The van der Waals surface area contributed by atoms with Crippen molar-refractivity contribution in [1.29, 1.82) is 0 Å². The van der Waals surface area contributed by atoms with Crippen LogP contribution in [0.15, 0.2) is 27.7 Å². The summed E-state index contributed by atoms with van der Waals surface area (Å²) in [6.45, 7) is 4.95. The molecule has 1 aliphatic heterocycles. The van der Waals surface area contributed by atoms with E-state index in [1.54, 1.807) is 6.07 Å². The number of hydrogen-bond donors (Lipinski definition) is 3. The number of likely N-dealkylation sites (tertiary alicyclic amines) is 1. The van der Waals surface area contributed by atoms with E-state index in [2.05, 4.69) is 36.5 Å². The zero-order valence-electron chi connectivity index (χ0n) is 14.8. The molecule has 1 heterocycles. The van der Waals surface area contributed by atoms with Crippen LogP contribution < -0.4 is 16.4 Å². The molecule has 0 radical (unpaired) electrons. The van der Waals surface area contributed by atoms with E-state index in [0.717, 1.165) is 32.5 Å². The minimum Gasteiger partial charge on any atom is -0.369 e. The van der Waals surface area contributed by atoms with E-state index in [4.69, 9.17) is 5.73 Å². The number of guanidine groups is 1. The summed E-state index contributed by atoms with van der Waals surface area (Å²) in [6.07, 6.45) is 1.81. The maximum absolute atomic E-state index is 13.9. The fourth-order valence-electron chi connectivity index (χ4n) is 2.78. The maximum Gasteiger partial charge on any atom is 0.231 e. The van der Waals surface area contributed by atoms with E-state index in [9.17, 15) is 9.18 Å².